The van der Waals surface area contributed by atoms with E-state index in [9.17, 15) is 4.79 Å². The quantitative estimate of drug-likeness (QED) is 0.367. The maximum atomic E-state index is 9.90. The molecule has 0 aliphatic heterocycles. The minimum absolute atomic E-state index is 0. The van der Waals surface area contributed by atoms with Gasteiger partial charge in [-0.2, -0.15) is 0 Å². The first-order valence-corrected chi connectivity index (χ1v) is 1.97. The summed E-state index contributed by atoms with van der Waals surface area (Å²) in [5.74, 6) is -0.979. The van der Waals surface area contributed by atoms with Gasteiger partial charge in [0.1, 0.15) is 5.54 Å². The molecule has 0 aromatic rings. The zero-order chi connectivity index (χ0) is 6.08. The molecule has 4 heteroatoms. The van der Waals surface area contributed by atoms with Gasteiger partial charge in [0.15, 0.2) is 0 Å². The molecule has 0 radical (unpaired) electrons. The minimum atomic E-state index is -1.08. The number of rotatable bonds is 1. The molecule has 0 heterocycles. The third kappa shape index (κ3) is 4.59. The van der Waals surface area contributed by atoms with E-state index < -0.39 is 11.5 Å². The number of carboxylic acids is 1. The van der Waals surface area contributed by atoms with Gasteiger partial charge in [0.25, 0.3) is 0 Å². The summed E-state index contributed by atoms with van der Waals surface area (Å²) in [7, 11) is 0. The van der Waals surface area contributed by atoms with Gasteiger partial charge >= 0.3 is 35.5 Å². The molecule has 0 saturated carbocycles. The summed E-state index contributed by atoms with van der Waals surface area (Å²) in [5.41, 5.74) is 4.00. The van der Waals surface area contributed by atoms with Gasteiger partial charge in [-0.25, -0.2) is 0 Å². The van der Waals surface area contributed by atoms with Gasteiger partial charge in [-0.1, -0.05) is 0 Å². The van der Waals surface area contributed by atoms with Crippen LogP contribution in [0.1, 0.15) is 15.3 Å². The second-order valence-corrected chi connectivity index (χ2v) is 2.03. The monoisotopic (exact) mass is 127 g/mol. The Bertz CT molecular complexity index is 91.1. The second-order valence-electron chi connectivity index (χ2n) is 2.03. The molecule has 0 atom stereocenters. The van der Waals surface area contributed by atoms with Crippen molar-refractivity contribution in [2.75, 3.05) is 0 Å². The number of carbonyl (C=O) groups is 1. The Balaban J connectivity index is -0.000000180. The van der Waals surface area contributed by atoms with Gasteiger partial charge in [-0.05, 0) is 13.8 Å². The van der Waals surface area contributed by atoms with E-state index in [2.05, 4.69) is 0 Å². The first kappa shape index (κ1) is 11.3. The third-order valence-electron chi connectivity index (χ3n) is 0.551. The molecule has 0 saturated heterocycles. The molecular weight excluding hydrogens is 117 g/mol. The van der Waals surface area contributed by atoms with E-state index in [1.54, 1.807) is 0 Å². The van der Waals surface area contributed by atoms with Crippen LogP contribution in [0, 0.1) is 0 Å². The molecule has 0 aliphatic carbocycles. The second kappa shape index (κ2) is 3.45. The van der Waals surface area contributed by atoms with Gasteiger partial charge in [-0.3, -0.25) is 4.79 Å². The van der Waals surface area contributed by atoms with Crippen molar-refractivity contribution >= 4 is 5.97 Å². The van der Waals surface area contributed by atoms with Crippen LogP contribution >= 0.6 is 0 Å². The Kier molecular flexibility index (Phi) is 4.86. The summed E-state index contributed by atoms with van der Waals surface area (Å²) in [6.07, 6.45) is 0. The van der Waals surface area contributed by atoms with Crippen LogP contribution in [0.3, 0.4) is 0 Å². The normalized spacial score (nSPS) is 9.88. The average Bonchev–Trinajstić information content (AvgIpc) is 1.31. The van der Waals surface area contributed by atoms with Gasteiger partial charge < -0.3 is 12.3 Å². The maximum Gasteiger partial charge on any atom is 1.00 e. The molecule has 0 aromatic carbocycles. The molecule has 3 N–H and O–H groups in total. The van der Waals surface area contributed by atoms with Crippen LogP contribution in [0.25, 0.3) is 0 Å². The van der Waals surface area contributed by atoms with Crippen molar-refractivity contribution in [1.29, 1.82) is 0 Å². The molecule has 3 nitrogen and oxygen atoms in total. The Morgan fingerprint density at radius 3 is 1.88 bits per heavy atom. The zero-order valence-electron chi connectivity index (χ0n) is 6.43. The largest absolute Gasteiger partial charge is 1.00 e. The maximum absolute atomic E-state index is 9.90. The molecule has 44 valence electrons. The van der Waals surface area contributed by atoms with Crippen molar-refractivity contribution < 1.29 is 40.9 Å². The van der Waals surface area contributed by atoms with E-state index in [0.29, 0.717) is 0 Å². The van der Waals surface area contributed by atoms with Crippen molar-refractivity contribution in [3.8, 4) is 0 Å². The SMILES string of the molecule is CC(C)(N)C(=O)O.[H-].[Na+]. The van der Waals surface area contributed by atoms with Crippen LogP contribution in [0.15, 0.2) is 0 Å². The number of hydrogen-bond acceptors (Lipinski definition) is 2. The van der Waals surface area contributed by atoms with E-state index in [1.807, 2.05) is 0 Å². The van der Waals surface area contributed by atoms with Crippen LogP contribution in [-0.2, 0) is 4.79 Å². The molecule has 0 aliphatic rings. The summed E-state index contributed by atoms with van der Waals surface area (Å²) >= 11 is 0. The smallest absolute Gasteiger partial charge is 1.00 e. The molecule has 0 unspecified atom stereocenters. The molecule has 0 fully saturated rings. The molecule has 0 amide bonds. The molecule has 0 bridgehead atoms. The summed E-state index contributed by atoms with van der Waals surface area (Å²) in [6.45, 7) is 2.88. The fourth-order valence-corrected chi connectivity index (χ4v) is 0. The Morgan fingerprint density at radius 2 is 1.88 bits per heavy atom. The number of hydrogen-bond donors (Lipinski definition) is 2. The Labute approximate surface area is 72.0 Å². The standard InChI is InChI=1S/C4H9NO2.Na.H/c1-4(2,5)3(6)7;;/h5H2,1-2H3,(H,6,7);;/q;+1;-1. The van der Waals surface area contributed by atoms with Crippen molar-refractivity contribution in [1.82, 2.24) is 0 Å². The van der Waals surface area contributed by atoms with Crippen LogP contribution in [0.5, 0.6) is 0 Å². The molecule has 0 spiro atoms. The number of carboxylic acid groups (broad SMARTS) is 1. The van der Waals surface area contributed by atoms with Gasteiger partial charge in [0.2, 0.25) is 0 Å². The molecule has 0 aromatic heterocycles. The van der Waals surface area contributed by atoms with E-state index >= 15 is 0 Å². The van der Waals surface area contributed by atoms with Crippen molar-refractivity contribution in [3.63, 3.8) is 0 Å². The van der Waals surface area contributed by atoms with Gasteiger partial charge in [0, 0.05) is 0 Å². The van der Waals surface area contributed by atoms with E-state index in [0.717, 1.165) is 0 Å². The van der Waals surface area contributed by atoms with Crippen molar-refractivity contribution in [2.24, 2.45) is 5.73 Å². The van der Waals surface area contributed by atoms with Crippen molar-refractivity contribution in [2.45, 2.75) is 19.4 Å². The molecule has 0 rings (SSSR count). The minimum Gasteiger partial charge on any atom is -1.00 e. The first-order chi connectivity index (χ1) is 2.94. The first-order valence-electron chi connectivity index (χ1n) is 1.97. The number of aliphatic carboxylic acids is 1. The fourth-order valence-electron chi connectivity index (χ4n) is 0. The van der Waals surface area contributed by atoms with E-state index in [1.165, 1.54) is 13.8 Å². The van der Waals surface area contributed by atoms with Crippen LogP contribution in [0.4, 0.5) is 0 Å². The Morgan fingerprint density at radius 1 is 1.75 bits per heavy atom. The summed E-state index contributed by atoms with van der Waals surface area (Å²) in [4.78, 5) is 9.90. The molecule has 8 heavy (non-hydrogen) atoms. The van der Waals surface area contributed by atoms with Gasteiger partial charge in [-0.15, -0.1) is 0 Å². The van der Waals surface area contributed by atoms with Crippen LogP contribution in [0.2, 0.25) is 0 Å². The van der Waals surface area contributed by atoms with Crippen LogP contribution in [-0.4, -0.2) is 16.6 Å². The van der Waals surface area contributed by atoms with Gasteiger partial charge in [0.05, 0.1) is 0 Å². The topological polar surface area (TPSA) is 63.3 Å². The van der Waals surface area contributed by atoms with E-state index in [-0.39, 0.29) is 31.0 Å². The number of nitrogens with two attached hydrogens (primary N) is 1. The molecular formula is C4H10NNaO2. The summed E-state index contributed by atoms with van der Waals surface area (Å²) in [6, 6.07) is 0. The zero-order valence-corrected chi connectivity index (χ0v) is 7.43. The summed E-state index contributed by atoms with van der Waals surface area (Å²) < 4.78 is 0. The van der Waals surface area contributed by atoms with Crippen molar-refractivity contribution in [3.05, 3.63) is 0 Å². The van der Waals surface area contributed by atoms with Crippen LogP contribution < -0.4 is 35.3 Å². The average molecular weight is 127 g/mol. The fraction of sp³-hybridized carbons (Fsp3) is 0.750. The Hall–Kier alpha value is 0.430. The summed E-state index contributed by atoms with van der Waals surface area (Å²) in [5, 5.41) is 8.12. The van der Waals surface area contributed by atoms with E-state index in [4.69, 9.17) is 10.8 Å². The predicted octanol–water partition coefficient (Wildman–Crippen LogP) is -3.08. The third-order valence-corrected chi connectivity index (χ3v) is 0.551. The predicted molar refractivity (Wildman–Crippen MR) is 27.0 cm³/mol.